The standard InChI is InChI=1S/C25H25NO2/c1-17-9-14-21-22(16-25(2,3)28-23(21)15-17)26-24(27)20-12-10-19(11-13-20)18-7-5-4-6-8-18/h4-15,22H,16H2,1-3H3,(H,26,27). The van der Waals surface area contributed by atoms with Crippen LogP contribution in [-0.4, -0.2) is 11.5 Å². The van der Waals surface area contributed by atoms with E-state index in [1.54, 1.807) is 0 Å². The molecule has 0 spiro atoms. The molecule has 4 rings (SSSR count). The van der Waals surface area contributed by atoms with Gasteiger partial charge in [-0.3, -0.25) is 4.79 Å². The average molecular weight is 371 g/mol. The van der Waals surface area contributed by atoms with E-state index >= 15 is 0 Å². The molecule has 142 valence electrons. The second kappa shape index (κ2) is 7.16. The van der Waals surface area contributed by atoms with Crippen LogP contribution >= 0.6 is 0 Å². The van der Waals surface area contributed by atoms with Gasteiger partial charge in [-0.2, -0.15) is 0 Å². The Morgan fingerprint density at radius 1 is 0.964 bits per heavy atom. The van der Waals surface area contributed by atoms with Crippen LogP contribution in [0.2, 0.25) is 0 Å². The monoisotopic (exact) mass is 371 g/mol. The highest BCUT2D eigenvalue weighted by Gasteiger charge is 2.34. The molecule has 1 atom stereocenters. The molecule has 0 fully saturated rings. The number of nitrogens with one attached hydrogen (secondary N) is 1. The second-order valence-electron chi connectivity index (χ2n) is 8.08. The van der Waals surface area contributed by atoms with Crippen LogP contribution in [0, 0.1) is 6.92 Å². The first kappa shape index (κ1) is 18.3. The molecular formula is C25H25NO2. The van der Waals surface area contributed by atoms with Gasteiger partial charge in [-0.25, -0.2) is 0 Å². The lowest BCUT2D eigenvalue weighted by Gasteiger charge is -2.38. The second-order valence-corrected chi connectivity index (χ2v) is 8.08. The van der Waals surface area contributed by atoms with Crippen LogP contribution < -0.4 is 10.1 Å². The van der Waals surface area contributed by atoms with Crippen molar-refractivity contribution in [2.75, 3.05) is 0 Å². The number of ether oxygens (including phenoxy) is 1. The molecule has 0 saturated heterocycles. The first-order chi connectivity index (χ1) is 13.4. The number of fused-ring (bicyclic) bond motifs is 1. The Kier molecular flexibility index (Phi) is 4.68. The molecule has 0 bridgehead atoms. The van der Waals surface area contributed by atoms with Crippen molar-refractivity contribution >= 4 is 5.91 Å². The fourth-order valence-electron chi connectivity index (χ4n) is 3.77. The summed E-state index contributed by atoms with van der Waals surface area (Å²) >= 11 is 0. The number of carbonyl (C=O) groups is 1. The Morgan fingerprint density at radius 2 is 1.64 bits per heavy atom. The smallest absolute Gasteiger partial charge is 0.251 e. The maximum absolute atomic E-state index is 12.9. The zero-order valence-corrected chi connectivity index (χ0v) is 16.5. The third-order valence-electron chi connectivity index (χ3n) is 5.19. The summed E-state index contributed by atoms with van der Waals surface area (Å²) < 4.78 is 6.13. The lowest BCUT2D eigenvalue weighted by Crippen LogP contribution is -2.41. The lowest BCUT2D eigenvalue weighted by molar-refractivity contribution is 0.0619. The fraction of sp³-hybridized carbons (Fsp3) is 0.240. The number of aryl methyl sites for hydroxylation is 1. The van der Waals surface area contributed by atoms with Crippen LogP contribution in [0.15, 0.2) is 72.8 Å². The van der Waals surface area contributed by atoms with Gasteiger partial charge in [-0.1, -0.05) is 54.6 Å². The molecule has 3 nitrogen and oxygen atoms in total. The van der Waals surface area contributed by atoms with Gasteiger partial charge in [0.1, 0.15) is 11.4 Å². The van der Waals surface area contributed by atoms with E-state index in [-0.39, 0.29) is 17.6 Å². The minimum atomic E-state index is -0.324. The summed E-state index contributed by atoms with van der Waals surface area (Å²) in [7, 11) is 0. The number of carbonyl (C=O) groups excluding carboxylic acids is 1. The molecule has 0 radical (unpaired) electrons. The van der Waals surface area contributed by atoms with E-state index in [0.717, 1.165) is 34.4 Å². The number of hydrogen-bond acceptors (Lipinski definition) is 2. The van der Waals surface area contributed by atoms with Gasteiger partial charge < -0.3 is 10.1 Å². The van der Waals surface area contributed by atoms with Gasteiger partial charge in [-0.05, 0) is 55.7 Å². The Hall–Kier alpha value is -3.07. The number of amides is 1. The van der Waals surface area contributed by atoms with E-state index in [1.165, 1.54) is 0 Å². The van der Waals surface area contributed by atoms with Crippen LogP contribution in [0.1, 0.15) is 47.8 Å². The highest BCUT2D eigenvalue weighted by atomic mass is 16.5. The highest BCUT2D eigenvalue weighted by Crippen LogP contribution is 2.40. The van der Waals surface area contributed by atoms with E-state index in [4.69, 9.17) is 4.74 Å². The molecule has 3 heteroatoms. The van der Waals surface area contributed by atoms with Gasteiger partial charge >= 0.3 is 0 Å². The summed E-state index contributed by atoms with van der Waals surface area (Å²) in [6.45, 7) is 6.17. The molecule has 3 aromatic carbocycles. The summed E-state index contributed by atoms with van der Waals surface area (Å²) in [5.74, 6) is 0.801. The van der Waals surface area contributed by atoms with Crippen LogP contribution in [-0.2, 0) is 0 Å². The molecule has 1 N–H and O–H groups in total. The Labute approximate surface area is 166 Å². The third-order valence-corrected chi connectivity index (χ3v) is 5.19. The average Bonchev–Trinajstić information content (AvgIpc) is 2.67. The topological polar surface area (TPSA) is 38.3 Å². The first-order valence-corrected chi connectivity index (χ1v) is 9.67. The Bertz CT molecular complexity index is 991. The highest BCUT2D eigenvalue weighted by molar-refractivity contribution is 5.95. The predicted molar refractivity (Wildman–Crippen MR) is 113 cm³/mol. The van der Waals surface area contributed by atoms with Gasteiger partial charge in [0.15, 0.2) is 0 Å². The maximum Gasteiger partial charge on any atom is 0.251 e. The molecule has 1 aliphatic heterocycles. The molecule has 1 aliphatic rings. The number of rotatable bonds is 3. The maximum atomic E-state index is 12.9. The Balaban J connectivity index is 1.55. The summed E-state index contributed by atoms with van der Waals surface area (Å²) in [4.78, 5) is 12.9. The predicted octanol–water partition coefficient (Wildman–Crippen LogP) is 5.69. The van der Waals surface area contributed by atoms with E-state index in [1.807, 2.05) is 55.5 Å². The molecule has 1 heterocycles. The lowest BCUT2D eigenvalue weighted by atomic mass is 9.89. The van der Waals surface area contributed by atoms with Crippen molar-refractivity contribution in [1.29, 1.82) is 0 Å². The Morgan fingerprint density at radius 3 is 2.36 bits per heavy atom. The van der Waals surface area contributed by atoms with Crippen LogP contribution in [0.5, 0.6) is 5.75 Å². The minimum absolute atomic E-state index is 0.0613. The summed E-state index contributed by atoms with van der Waals surface area (Å²) in [6, 6.07) is 24.0. The van der Waals surface area contributed by atoms with E-state index in [0.29, 0.717) is 5.56 Å². The van der Waals surface area contributed by atoms with Crippen molar-refractivity contribution in [3.63, 3.8) is 0 Å². The quantitative estimate of drug-likeness (QED) is 0.642. The molecule has 0 saturated carbocycles. The van der Waals surface area contributed by atoms with Gasteiger partial charge in [0.05, 0.1) is 6.04 Å². The van der Waals surface area contributed by atoms with Gasteiger partial charge in [0.25, 0.3) is 5.91 Å². The molecule has 1 unspecified atom stereocenters. The van der Waals surface area contributed by atoms with Crippen molar-refractivity contribution in [2.24, 2.45) is 0 Å². The summed E-state index contributed by atoms with van der Waals surface area (Å²) in [5.41, 5.74) is 4.78. The molecule has 28 heavy (non-hydrogen) atoms. The van der Waals surface area contributed by atoms with E-state index in [2.05, 4.69) is 43.4 Å². The minimum Gasteiger partial charge on any atom is -0.487 e. The van der Waals surface area contributed by atoms with Gasteiger partial charge in [-0.15, -0.1) is 0 Å². The zero-order chi connectivity index (χ0) is 19.7. The van der Waals surface area contributed by atoms with Crippen molar-refractivity contribution < 1.29 is 9.53 Å². The van der Waals surface area contributed by atoms with Crippen molar-refractivity contribution in [2.45, 2.75) is 38.8 Å². The fourth-order valence-corrected chi connectivity index (χ4v) is 3.77. The molecule has 0 aromatic heterocycles. The number of benzene rings is 3. The largest absolute Gasteiger partial charge is 0.487 e. The number of hydrogen-bond donors (Lipinski definition) is 1. The van der Waals surface area contributed by atoms with Crippen LogP contribution in [0.25, 0.3) is 11.1 Å². The molecule has 1 amide bonds. The van der Waals surface area contributed by atoms with E-state index < -0.39 is 0 Å². The van der Waals surface area contributed by atoms with Crippen LogP contribution in [0.3, 0.4) is 0 Å². The zero-order valence-electron chi connectivity index (χ0n) is 16.5. The van der Waals surface area contributed by atoms with Crippen LogP contribution in [0.4, 0.5) is 0 Å². The normalized spacial score (nSPS) is 17.3. The molecule has 3 aromatic rings. The van der Waals surface area contributed by atoms with E-state index in [9.17, 15) is 4.79 Å². The van der Waals surface area contributed by atoms with Gasteiger partial charge in [0, 0.05) is 17.5 Å². The first-order valence-electron chi connectivity index (χ1n) is 9.67. The van der Waals surface area contributed by atoms with Crippen molar-refractivity contribution in [3.8, 4) is 16.9 Å². The summed E-state index contributed by atoms with van der Waals surface area (Å²) in [6.07, 6.45) is 0.733. The molecule has 0 aliphatic carbocycles. The van der Waals surface area contributed by atoms with Crippen molar-refractivity contribution in [3.05, 3.63) is 89.5 Å². The van der Waals surface area contributed by atoms with Gasteiger partial charge in [0.2, 0.25) is 0 Å². The summed E-state index contributed by atoms with van der Waals surface area (Å²) in [5, 5.41) is 3.21. The third kappa shape index (κ3) is 3.79. The van der Waals surface area contributed by atoms with Crippen molar-refractivity contribution in [1.82, 2.24) is 5.32 Å². The SMILES string of the molecule is Cc1ccc2c(c1)OC(C)(C)CC2NC(=O)c1ccc(-c2ccccc2)cc1. The molecular weight excluding hydrogens is 346 g/mol.